The molecule has 1 saturated heterocycles. The fourth-order valence-corrected chi connectivity index (χ4v) is 5.91. The lowest BCUT2D eigenvalue weighted by Crippen LogP contribution is -2.38. The number of hydrogen-bond acceptors (Lipinski definition) is 4. The third-order valence-corrected chi connectivity index (χ3v) is 8.02. The van der Waals surface area contributed by atoms with Crippen LogP contribution in [0.2, 0.25) is 5.02 Å². The van der Waals surface area contributed by atoms with Crippen molar-refractivity contribution in [2.45, 2.75) is 43.5 Å². The first-order valence-corrected chi connectivity index (χ1v) is 12.4. The van der Waals surface area contributed by atoms with E-state index in [-0.39, 0.29) is 23.7 Å². The fourth-order valence-electron chi connectivity index (χ4n) is 3.96. The fraction of sp³-hybridized carbons (Fsp3) is 0.348. The van der Waals surface area contributed by atoms with Crippen LogP contribution in [0.4, 0.5) is 13.2 Å². The van der Waals surface area contributed by atoms with Crippen molar-refractivity contribution in [2.75, 3.05) is 13.2 Å². The average Bonchev–Trinajstić information content (AvgIpc) is 3.26. The first-order chi connectivity index (χ1) is 15.9. The molecule has 11 heteroatoms. The van der Waals surface area contributed by atoms with Gasteiger partial charge in [0, 0.05) is 30.8 Å². The quantitative estimate of drug-likeness (QED) is 0.508. The highest BCUT2D eigenvalue weighted by Gasteiger charge is 2.36. The molecule has 0 aliphatic carbocycles. The summed E-state index contributed by atoms with van der Waals surface area (Å²) >= 11 is 6.05. The summed E-state index contributed by atoms with van der Waals surface area (Å²) in [5.41, 5.74) is 0.0762. The third kappa shape index (κ3) is 5.14. The van der Waals surface area contributed by atoms with Gasteiger partial charge >= 0.3 is 6.18 Å². The zero-order valence-corrected chi connectivity index (χ0v) is 19.7. The predicted molar refractivity (Wildman–Crippen MR) is 122 cm³/mol. The molecule has 0 saturated carbocycles. The molecular weight excluding hydrogens is 493 g/mol. The maximum atomic E-state index is 13.6. The second kappa shape index (κ2) is 9.33. The number of rotatable bonds is 6. The van der Waals surface area contributed by atoms with Gasteiger partial charge in [-0.05, 0) is 61.5 Å². The van der Waals surface area contributed by atoms with Crippen LogP contribution in [0.25, 0.3) is 10.9 Å². The van der Waals surface area contributed by atoms with Crippen LogP contribution in [-0.4, -0.2) is 37.0 Å². The van der Waals surface area contributed by atoms with E-state index in [9.17, 15) is 26.4 Å². The van der Waals surface area contributed by atoms with Crippen LogP contribution in [0.3, 0.4) is 0 Å². The highest BCUT2D eigenvalue weighted by atomic mass is 35.5. The number of pyridine rings is 1. The van der Waals surface area contributed by atoms with Crippen LogP contribution in [0, 0.1) is 6.92 Å². The van der Waals surface area contributed by atoms with Crippen molar-refractivity contribution in [3.05, 3.63) is 74.5 Å². The summed E-state index contributed by atoms with van der Waals surface area (Å²) in [5, 5.41) is 0.370. The minimum absolute atomic E-state index is 0.125. The average molecular weight is 515 g/mol. The van der Waals surface area contributed by atoms with Crippen LogP contribution >= 0.6 is 11.6 Å². The van der Waals surface area contributed by atoms with Crippen molar-refractivity contribution in [2.24, 2.45) is 0 Å². The predicted octanol–water partition coefficient (Wildman–Crippen LogP) is 4.88. The van der Waals surface area contributed by atoms with E-state index < -0.39 is 38.3 Å². The zero-order valence-electron chi connectivity index (χ0n) is 18.2. The number of halogens is 4. The second-order valence-corrected chi connectivity index (χ2v) is 10.6. The molecule has 0 bridgehead atoms. The normalized spacial score (nSPS) is 17.1. The van der Waals surface area contributed by atoms with Gasteiger partial charge in [0.25, 0.3) is 5.56 Å². The van der Waals surface area contributed by atoms with Gasteiger partial charge in [-0.15, -0.1) is 0 Å². The Bertz CT molecular complexity index is 1380. The highest BCUT2D eigenvalue weighted by Crippen LogP contribution is 2.35. The molecular formula is C23H22ClF3N2O4S. The molecule has 1 aliphatic heterocycles. The summed E-state index contributed by atoms with van der Waals surface area (Å²) in [7, 11) is -4.51. The van der Waals surface area contributed by atoms with Gasteiger partial charge in [0.1, 0.15) is 4.90 Å². The lowest BCUT2D eigenvalue weighted by Gasteiger charge is -2.25. The van der Waals surface area contributed by atoms with E-state index in [1.165, 1.54) is 0 Å². The molecule has 0 unspecified atom stereocenters. The van der Waals surface area contributed by atoms with E-state index in [2.05, 4.69) is 4.98 Å². The van der Waals surface area contributed by atoms with Crippen molar-refractivity contribution >= 4 is 32.5 Å². The minimum atomic E-state index is -4.75. The molecule has 0 amide bonds. The largest absolute Gasteiger partial charge is 0.416 e. The first-order valence-electron chi connectivity index (χ1n) is 10.6. The number of ether oxygens (including phenoxy) is 1. The van der Waals surface area contributed by atoms with Crippen molar-refractivity contribution in [3.63, 3.8) is 0 Å². The summed E-state index contributed by atoms with van der Waals surface area (Å²) in [6, 6.07) is 9.18. The van der Waals surface area contributed by atoms with E-state index >= 15 is 0 Å². The molecule has 1 N–H and O–H groups in total. The van der Waals surface area contributed by atoms with Crippen LogP contribution in [0.15, 0.2) is 52.2 Å². The van der Waals surface area contributed by atoms with Crippen LogP contribution in [-0.2, 0) is 27.5 Å². The molecule has 3 aromatic rings. The van der Waals surface area contributed by atoms with E-state index in [0.29, 0.717) is 30.0 Å². The molecule has 1 aliphatic rings. The Morgan fingerprint density at radius 2 is 1.94 bits per heavy atom. The number of aryl methyl sites for hydroxylation is 1. The Hall–Kier alpha value is -2.40. The summed E-state index contributed by atoms with van der Waals surface area (Å²) in [6.07, 6.45) is -3.86. The van der Waals surface area contributed by atoms with Crippen molar-refractivity contribution in [1.29, 1.82) is 0 Å². The van der Waals surface area contributed by atoms with Gasteiger partial charge in [0.2, 0.25) is 10.0 Å². The molecule has 1 fully saturated rings. The van der Waals surface area contributed by atoms with Crippen molar-refractivity contribution in [1.82, 2.24) is 9.29 Å². The van der Waals surface area contributed by atoms with Crippen LogP contribution in [0.1, 0.15) is 29.5 Å². The molecule has 182 valence electrons. The monoisotopic (exact) mass is 514 g/mol. The highest BCUT2D eigenvalue weighted by molar-refractivity contribution is 7.89. The molecule has 2 heterocycles. The number of fused-ring (bicyclic) bond motifs is 1. The lowest BCUT2D eigenvalue weighted by atomic mass is 10.1. The summed E-state index contributed by atoms with van der Waals surface area (Å²) in [5.74, 6) is 0. The Morgan fingerprint density at radius 1 is 1.18 bits per heavy atom. The minimum Gasteiger partial charge on any atom is -0.377 e. The van der Waals surface area contributed by atoms with Gasteiger partial charge in [-0.2, -0.15) is 17.5 Å². The standard InChI is InChI=1S/C23H22ClF3N2O4S/c1-14-4-7-20-15(9-14)10-16(22(30)28-20)12-29(13-18-3-2-8-33-18)34(31,32)21-11-17(23(25,26)27)5-6-19(21)24/h4-7,9-11,18H,2-3,8,12-13H2,1H3,(H,28,30)/t18-/m0/s1. The van der Waals surface area contributed by atoms with E-state index in [1.54, 1.807) is 12.1 Å². The number of H-pyrrole nitrogens is 1. The van der Waals surface area contributed by atoms with Crippen LogP contribution in [0.5, 0.6) is 0 Å². The van der Waals surface area contributed by atoms with Gasteiger partial charge < -0.3 is 9.72 Å². The molecule has 0 spiro atoms. The number of nitrogens with zero attached hydrogens (tertiary/aromatic N) is 1. The van der Waals surface area contributed by atoms with Crippen molar-refractivity contribution < 1.29 is 26.3 Å². The summed E-state index contributed by atoms with van der Waals surface area (Å²) in [4.78, 5) is 14.8. The number of hydrogen-bond donors (Lipinski definition) is 1. The van der Waals surface area contributed by atoms with Gasteiger partial charge in [0.05, 0.1) is 16.7 Å². The Balaban J connectivity index is 1.78. The number of aromatic nitrogens is 1. The molecule has 34 heavy (non-hydrogen) atoms. The SMILES string of the molecule is Cc1ccc2[nH]c(=O)c(CN(C[C@@H]3CCCO3)S(=O)(=O)c3cc(C(F)(F)F)ccc3Cl)cc2c1. The second-order valence-electron chi connectivity index (χ2n) is 8.29. The molecule has 6 nitrogen and oxygen atoms in total. The first kappa shape index (κ1) is 24.7. The number of benzene rings is 2. The molecule has 1 atom stereocenters. The summed E-state index contributed by atoms with van der Waals surface area (Å²) < 4.78 is 73.5. The smallest absolute Gasteiger partial charge is 0.377 e. The maximum absolute atomic E-state index is 13.6. The Morgan fingerprint density at radius 3 is 2.62 bits per heavy atom. The van der Waals surface area contributed by atoms with Gasteiger partial charge in [-0.25, -0.2) is 8.42 Å². The lowest BCUT2D eigenvalue weighted by molar-refractivity contribution is -0.137. The molecule has 4 rings (SSSR count). The molecule has 1 aromatic heterocycles. The Kier molecular flexibility index (Phi) is 6.78. The summed E-state index contributed by atoms with van der Waals surface area (Å²) in [6.45, 7) is 1.86. The van der Waals surface area contributed by atoms with Gasteiger partial charge in [-0.1, -0.05) is 23.2 Å². The number of aromatic amines is 1. The topological polar surface area (TPSA) is 79.5 Å². The van der Waals surface area contributed by atoms with Crippen LogP contribution < -0.4 is 5.56 Å². The number of alkyl halides is 3. The number of nitrogens with one attached hydrogen (secondary N) is 1. The van der Waals surface area contributed by atoms with Gasteiger partial charge in [0.15, 0.2) is 0 Å². The van der Waals surface area contributed by atoms with Crippen molar-refractivity contribution in [3.8, 4) is 0 Å². The number of sulfonamides is 1. The van der Waals surface area contributed by atoms with E-state index in [4.69, 9.17) is 16.3 Å². The van der Waals surface area contributed by atoms with E-state index in [0.717, 1.165) is 28.4 Å². The maximum Gasteiger partial charge on any atom is 0.416 e. The Labute approximate surface area is 199 Å². The molecule has 2 aromatic carbocycles. The van der Waals surface area contributed by atoms with Gasteiger partial charge in [-0.3, -0.25) is 4.79 Å². The molecule has 0 radical (unpaired) electrons. The zero-order chi connectivity index (χ0) is 24.7. The third-order valence-electron chi connectivity index (χ3n) is 5.73. The van der Waals surface area contributed by atoms with E-state index in [1.807, 2.05) is 19.1 Å².